The van der Waals surface area contributed by atoms with Crippen molar-refractivity contribution >= 4 is 0 Å². The van der Waals surface area contributed by atoms with Crippen molar-refractivity contribution < 1.29 is 19.7 Å². The minimum atomic E-state index is -1.32. The lowest BCUT2D eigenvalue weighted by Crippen LogP contribution is -2.50. The van der Waals surface area contributed by atoms with Crippen molar-refractivity contribution in [3.8, 4) is 0 Å². The molecule has 4 unspecified atom stereocenters. The molecule has 2 aromatic carbocycles. The van der Waals surface area contributed by atoms with Gasteiger partial charge in [-0.25, -0.2) is 0 Å². The number of rotatable bonds is 6. The van der Waals surface area contributed by atoms with E-state index in [2.05, 4.69) is 0 Å². The van der Waals surface area contributed by atoms with Crippen molar-refractivity contribution in [2.75, 3.05) is 6.61 Å². The molecule has 0 radical (unpaired) electrons. The second-order valence-corrected chi connectivity index (χ2v) is 6.50. The van der Waals surface area contributed by atoms with Crippen molar-refractivity contribution in [2.45, 2.75) is 50.3 Å². The Hall–Kier alpha value is -1.72. The van der Waals surface area contributed by atoms with Gasteiger partial charge in [0.2, 0.25) is 5.79 Å². The normalized spacial score (nSPS) is 26.1. The maximum Gasteiger partial charge on any atom is 0.226 e. The van der Waals surface area contributed by atoms with Gasteiger partial charge in [0.05, 0.1) is 18.8 Å². The van der Waals surface area contributed by atoms with Crippen LogP contribution in [0.25, 0.3) is 0 Å². The Labute approximate surface area is 149 Å². The fourth-order valence-electron chi connectivity index (χ4n) is 3.37. The van der Waals surface area contributed by atoms with Crippen molar-refractivity contribution in [3.05, 3.63) is 71.8 Å². The molecule has 0 aromatic heterocycles. The van der Waals surface area contributed by atoms with Gasteiger partial charge >= 0.3 is 0 Å². The highest BCUT2D eigenvalue weighted by atomic mass is 16.7. The van der Waals surface area contributed by atoms with Gasteiger partial charge in [0.25, 0.3) is 0 Å². The molecule has 0 aliphatic carbocycles. The van der Waals surface area contributed by atoms with Crippen LogP contribution >= 0.6 is 0 Å². The zero-order chi connectivity index (χ0) is 17.7. The molecule has 0 spiro atoms. The Bertz CT molecular complexity index is 645. The lowest BCUT2D eigenvalue weighted by atomic mass is 9.92. The van der Waals surface area contributed by atoms with Crippen LogP contribution in [0.2, 0.25) is 0 Å². The molecule has 1 saturated heterocycles. The summed E-state index contributed by atoms with van der Waals surface area (Å²) >= 11 is 0. The molecular formula is C21H26O4. The quantitative estimate of drug-likeness (QED) is 0.843. The highest BCUT2D eigenvalue weighted by Crippen LogP contribution is 2.44. The second-order valence-electron chi connectivity index (χ2n) is 6.50. The smallest absolute Gasteiger partial charge is 0.226 e. The first-order valence-electron chi connectivity index (χ1n) is 8.95. The monoisotopic (exact) mass is 342 g/mol. The largest absolute Gasteiger partial charge is 0.390 e. The van der Waals surface area contributed by atoms with Crippen molar-refractivity contribution in [2.24, 2.45) is 0 Å². The topological polar surface area (TPSA) is 58.9 Å². The molecule has 1 heterocycles. The van der Waals surface area contributed by atoms with Crippen LogP contribution in [0.1, 0.15) is 43.4 Å². The fourth-order valence-corrected chi connectivity index (χ4v) is 3.37. The molecule has 1 fully saturated rings. The molecule has 134 valence electrons. The lowest BCUT2D eigenvalue weighted by Gasteiger charge is -2.45. The third-order valence-electron chi connectivity index (χ3n) is 4.71. The number of benzene rings is 2. The highest BCUT2D eigenvalue weighted by molar-refractivity contribution is 5.28. The van der Waals surface area contributed by atoms with E-state index in [1.54, 1.807) is 0 Å². The first-order valence-corrected chi connectivity index (χ1v) is 8.95. The molecule has 0 saturated carbocycles. The first-order chi connectivity index (χ1) is 12.2. The van der Waals surface area contributed by atoms with Crippen LogP contribution in [0, 0.1) is 0 Å². The number of aliphatic hydroxyl groups excluding tert-OH is 2. The van der Waals surface area contributed by atoms with Crippen molar-refractivity contribution in [1.82, 2.24) is 0 Å². The van der Waals surface area contributed by atoms with Gasteiger partial charge in [0.1, 0.15) is 6.10 Å². The van der Waals surface area contributed by atoms with E-state index in [4.69, 9.17) is 9.47 Å². The van der Waals surface area contributed by atoms with E-state index >= 15 is 0 Å². The van der Waals surface area contributed by atoms with E-state index in [0.717, 1.165) is 17.5 Å². The Morgan fingerprint density at radius 3 is 2.32 bits per heavy atom. The molecule has 4 nitrogen and oxygen atoms in total. The zero-order valence-corrected chi connectivity index (χ0v) is 14.5. The standard InChI is InChI=1S/C21H26O4/c1-2-9-18(22)19-14-15-24-21(25-19,17-12-7-4-8-13-17)20(23)16-10-5-3-6-11-16/h3-8,10-13,18-20,22-23H,2,9,14-15H2,1H3. The van der Waals surface area contributed by atoms with E-state index in [9.17, 15) is 10.2 Å². The van der Waals surface area contributed by atoms with E-state index in [1.807, 2.05) is 67.6 Å². The summed E-state index contributed by atoms with van der Waals surface area (Å²) in [5, 5.41) is 21.6. The second kappa shape index (κ2) is 8.11. The maximum atomic E-state index is 11.1. The summed E-state index contributed by atoms with van der Waals surface area (Å²) in [5.74, 6) is -1.32. The summed E-state index contributed by atoms with van der Waals surface area (Å²) in [7, 11) is 0. The Morgan fingerprint density at radius 1 is 1.04 bits per heavy atom. The SMILES string of the molecule is CCCC(O)C1CCOC(c2ccccc2)(C(O)c2ccccc2)O1. The van der Waals surface area contributed by atoms with Gasteiger partial charge in [-0.15, -0.1) is 0 Å². The summed E-state index contributed by atoms with van der Waals surface area (Å²) < 4.78 is 12.3. The van der Waals surface area contributed by atoms with Gasteiger partial charge in [0, 0.05) is 5.56 Å². The Balaban J connectivity index is 1.98. The Kier molecular flexibility index (Phi) is 5.86. The highest BCUT2D eigenvalue weighted by Gasteiger charge is 2.48. The van der Waals surface area contributed by atoms with Gasteiger partial charge in [-0.2, -0.15) is 0 Å². The average Bonchev–Trinajstić information content (AvgIpc) is 2.69. The van der Waals surface area contributed by atoms with Crippen LogP contribution in [0.4, 0.5) is 0 Å². The van der Waals surface area contributed by atoms with Crippen molar-refractivity contribution in [3.63, 3.8) is 0 Å². The van der Waals surface area contributed by atoms with Crippen LogP contribution in [0.3, 0.4) is 0 Å². The molecule has 1 aliphatic heterocycles. The van der Waals surface area contributed by atoms with Gasteiger partial charge in [0.15, 0.2) is 0 Å². The number of hydrogen-bond acceptors (Lipinski definition) is 4. The minimum absolute atomic E-state index is 0.368. The molecule has 4 heteroatoms. The van der Waals surface area contributed by atoms with Gasteiger partial charge in [-0.3, -0.25) is 0 Å². The molecule has 1 aliphatic rings. The van der Waals surface area contributed by atoms with E-state index in [0.29, 0.717) is 19.4 Å². The fraction of sp³-hybridized carbons (Fsp3) is 0.429. The van der Waals surface area contributed by atoms with E-state index in [1.165, 1.54) is 0 Å². The van der Waals surface area contributed by atoms with Gasteiger partial charge in [-0.05, 0) is 18.4 Å². The van der Waals surface area contributed by atoms with Crippen LogP contribution in [-0.2, 0) is 15.3 Å². The van der Waals surface area contributed by atoms with Crippen LogP contribution in [0.15, 0.2) is 60.7 Å². The van der Waals surface area contributed by atoms with E-state index in [-0.39, 0.29) is 6.10 Å². The molecule has 3 rings (SSSR count). The summed E-state index contributed by atoms with van der Waals surface area (Å²) in [4.78, 5) is 0. The summed E-state index contributed by atoms with van der Waals surface area (Å²) in [5.41, 5.74) is 1.47. The van der Waals surface area contributed by atoms with Crippen LogP contribution in [-0.4, -0.2) is 29.0 Å². The molecule has 0 amide bonds. The molecule has 2 N–H and O–H groups in total. The van der Waals surface area contributed by atoms with Gasteiger partial charge < -0.3 is 19.7 Å². The van der Waals surface area contributed by atoms with Gasteiger partial charge in [-0.1, -0.05) is 74.0 Å². The van der Waals surface area contributed by atoms with E-state index < -0.39 is 18.0 Å². The zero-order valence-electron chi connectivity index (χ0n) is 14.5. The third-order valence-corrected chi connectivity index (χ3v) is 4.71. The maximum absolute atomic E-state index is 11.1. The molecule has 25 heavy (non-hydrogen) atoms. The number of aliphatic hydroxyl groups is 2. The third kappa shape index (κ3) is 3.77. The predicted molar refractivity (Wildman–Crippen MR) is 95.9 cm³/mol. The first kappa shape index (κ1) is 18.1. The number of hydrogen-bond donors (Lipinski definition) is 2. The molecule has 2 aromatic rings. The van der Waals surface area contributed by atoms with Crippen molar-refractivity contribution in [1.29, 1.82) is 0 Å². The summed E-state index contributed by atoms with van der Waals surface area (Å²) in [6, 6.07) is 18.9. The average molecular weight is 342 g/mol. The predicted octanol–water partition coefficient (Wildman–Crippen LogP) is 3.54. The van der Waals surface area contributed by atoms with Crippen LogP contribution < -0.4 is 0 Å². The molecule has 0 bridgehead atoms. The van der Waals surface area contributed by atoms with Crippen LogP contribution in [0.5, 0.6) is 0 Å². The summed E-state index contributed by atoms with van der Waals surface area (Å²) in [6.07, 6.45) is 0.218. The molecular weight excluding hydrogens is 316 g/mol. The molecule has 4 atom stereocenters. The summed E-state index contributed by atoms with van der Waals surface area (Å²) in [6.45, 7) is 2.45. The lowest BCUT2D eigenvalue weighted by molar-refractivity contribution is -0.352. The number of ether oxygens (including phenoxy) is 2. The minimum Gasteiger partial charge on any atom is -0.390 e. The Morgan fingerprint density at radius 2 is 1.68 bits per heavy atom.